The largest absolute Gasteiger partial charge is 0.392 e. The molecule has 0 spiro atoms. The van der Waals surface area contributed by atoms with E-state index >= 15 is 0 Å². The minimum atomic E-state index is -0.146. The fraction of sp³-hybridized carbons (Fsp3) is 0.632. The second kappa shape index (κ2) is 6.47. The molecule has 0 radical (unpaired) electrons. The van der Waals surface area contributed by atoms with Gasteiger partial charge in [0, 0.05) is 38.3 Å². The number of aromatic nitrogens is 2. The van der Waals surface area contributed by atoms with Gasteiger partial charge in [0.15, 0.2) is 0 Å². The van der Waals surface area contributed by atoms with E-state index in [9.17, 15) is 5.11 Å². The van der Waals surface area contributed by atoms with Crippen molar-refractivity contribution in [1.29, 1.82) is 0 Å². The van der Waals surface area contributed by atoms with E-state index in [0.29, 0.717) is 12.1 Å². The molecule has 2 fully saturated rings. The smallest absolute Gasteiger partial charge is 0.124 e. The highest BCUT2D eigenvalue weighted by Gasteiger charge is 2.38. The standard InChI is InChI=1S/C19H28N4O/c1-3-8-23-18-7-5-4-6-17(18)20-19(23)13-21-11-15-9-16(24)12-22(15)10-14(21)2/h4-7,14-16,24H,3,8-13H2,1-2H3/t14-,15-,16-/m1/s1. The lowest BCUT2D eigenvalue weighted by molar-refractivity contribution is 0.0504. The highest BCUT2D eigenvalue weighted by molar-refractivity contribution is 5.75. The normalized spacial score (nSPS) is 28.5. The average Bonchev–Trinajstić information content (AvgIpc) is 3.08. The lowest BCUT2D eigenvalue weighted by Crippen LogP contribution is -2.54. The van der Waals surface area contributed by atoms with Crippen LogP contribution in [0.25, 0.3) is 11.0 Å². The van der Waals surface area contributed by atoms with Crippen molar-refractivity contribution in [3.8, 4) is 0 Å². The summed E-state index contributed by atoms with van der Waals surface area (Å²) in [6.07, 6.45) is 1.88. The molecule has 0 saturated carbocycles. The molecular formula is C19H28N4O. The van der Waals surface area contributed by atoms with Crippen LogP contribution in [0.15, 0.2) is 24.3 Å². The Morgan fingerprint density at radius 3 is 2.88 bits per heavy atom. The van der Waals surface area contributed by atoms with Gasteiger partial charge in [-0.05, 0) is 31.9 Å². The summed E-state index contributed by atoms with van der Waals surface area (Å²) >= 11 is 0. The lowest BCUT2D eigenvalue weighted by Gasteiger charge is -2.42. The van der Waals surface area contributed by atoms with Gasteiger partial charge in [0.2, 0.25) is 0 Å². The molecule has 1 N–H and O–H groups in total. The number of fused-ring (bicyclic) bond motifs is 2. The number of hydrogen-bond donors (Lipinski definition) is 1. The van der Waals surface area contributed by atoms with E-state index in [1.807, 2.05) is 0 Å². The van der Waals surface area contributed by atoms with E-state index < -0.39 is 0 Å². The molecule has 0 unspecified atom stereocenters. The Balaban J connectivity index is 1.58. The Morgan fingerprint density at radius 2 is 2.04 bits per heavy atom. The molecule has 2 aliphatic rings. The molecular weight excluding hydrogens is 300 g/mol. The van der Waals surface area contributed by atoms with Gasteiger partial charge in [0.1, 0.15) is 5.82 Å². The van der Waals surface area contributed by atoms with E-state index in [1.54, 1.807) is 0 Å². The molecule has 4 rings (SSSR count). The van der Waals surface area contributed by atoms with Gasteiger partial charge in [0.05, 0.1) is 23.7 Å². The number of imidazole rings is 1. The van der Waals surface area contributed by atoms with Gasteiger partial charge in [-0.1, -0.05) is 19.1 Å². The summed E-state index contributed by atoms with van der Waals surface area (Å²) in [6, 6.07) is 9.45. The summed E-state index contributed by atoms with van der Waals surface area (Å²) in [5.41, 5.74) is 2.35. The molecule has 2 aliphatic heterocycles. The minimum absolute atomic E-state index is 0.146. The first-order valence-corrected chi connectivity index (χ1v) is 9.26. The van der Waals surface area contributed by atoms with Crippen LogP contribution >= 0.6 is 0 Å². The van der Waals surface area contributed by atoms with Crippen molar-refractivity contribution in [1.82, 2.24) is 19.4 Å². The van der Waals surface area contributed by atoms with Crippen LogP contribution < -0.4 is 0 Å². The first kappa shape index (κ1) is 16.1. The molecule has 5 nitrogen and oxygen atoms in total. The summed E-state index contributed by atoms with van der Waals surface area (Å²) in [5.74, 6) is 1.18. The van der Waals surface area contributed by atoms with E-state index in [4.69, 9.17) is 4.98 Å². The maximum atomic E-state index is 9.95. The number of nitrogens with zero attached hydrogens (tertiary/aromatic N) is 4. The number of hydrogen-bond acceptors (Lipinski definition) is 4. The molecule has 1 aromatic carbocycles. The zero-order chi connectivity index (χ0) is 16.7. The van der Waals surface area contributed by atoms with Crippen LogP contribution in [0, 0.1) is 0 Å². The van der Waals surface area contributed by atoms with Gasteiger partial charge >= 0.3 is 0 Å². The number of benzene rings is 1. The average molecular weight is 328 g/mol. The van der Waals surface area contributed by atoms with Gasteiger partial charge in [-0.15, -0.1) is 0 Å². The first-order chi connectivity index (χ1) is 11.7. The monoisotopic (exact) mass is 328 g/mol. The zero-order valence-corrected chi connectivity index (χ0v) is 14.7. The highest BCUT2D eigenvalue weighted by atomic mass is 16.3. The van der Waals surface area contributed by atoms with E-state index in [-0.39, 0.29) is 6.10 Å². The third kappa shape index (κ3) is 2.85. The number of aryl methyl sites for hydroxylation is 1. The predicted octanol–water partition coefficient (Wildman–Crippen LogP) is 2.09. The number of rotatable bonds is 4. The van der Waals surface area contributed by atoms with Gasteiger partial charge < -0.3 is 9.67 Å². The molecule has 130 valence electrons. The molecule has 2 aromatic rings. The van der Waals surface area contributed by atoms with Gasteiger partial charge in [0.25, 0.3) is 0 Å². The second-order valence-corrected chi connectivity index (χ2v) is 7.44. The Kier molecular flexibility index (Phi) is 4.33. The molecule has 3 atom stereocenters. The van der Waals surface area contributed by atoms with Crippen LogP contribution in [0.1, 0.15) is 32.5 Å². The number of aliphatic hydroxyl groups excluding tert-OH is 1. The van der Waals surface area contributed by atoms with Gasteiger partial charge in [-0.3, -0.25) is 9.80 Å². The Bertz CT molecular complexity index is 712. The van der Waals surface area contributed by atoms with Crippen LogP contribution in [-0.4, -0.2) is 62.3 Å². The van der Waals surface area contributed by atoms with E-state index in [0.717, 1.165) is 51.1 Å². The summed E-state index contributed by atoms with van der Waals surface area (Å²) in [4.78, 5) is 9.93. The van der Waals surface area contributed by atoms with Crippen molar-refractivity contribution in [2.75, 3.05) is 19.6 Å². The van der Waals surface area contributed by atoms with E-state index in [1.165, 1.54) is 11.3 Å². The van der Waals surface area contributed by atoms with Crippen LogP contribution in [0.5, 0.6) is 0 Å². The molecule has 0 aliphatic carbocycles. The number of aliphatic hydroxyl groups is 1. The number of piperazine rings is 1. The molecule has 5 heteroatoms. The molecule has 0 bridgehead atoms. The summed E-state index contributed by atoms with van der Waals surface area (Å²) in [7, 11) is 0. The summed E-state index contributed by atoms with van der Waals surface area (Å²) < 4.78 is 2.39. The fourth-order valence-electron chi connectivity index (χ4n) is 4.40. The third-order valence-corrected chi connectivity index (χ3v) is 5.60. The molecule has 24 heavy (non-hydrogen) atoms. The Labute approximate surface area is 143 Å². The topological polar surface area (TPSA) is 44.5 Å². The Morgan fingerprint density at radius 1 is 1.21 bits per heavy atom. The van der Waals surface area contributed by atoms with Crippen LogP contribution in [0.4, 0.5) is 0 Å². The maximum Gasteiger partial charge on any atom is 0.124 e. The Hall–Kier alpha value is -1.43. The first-order valence-electron chi connectivity index (χ1n) is 9.26. The van der Waals surface area contributed by atoms with Crippen molar-refractivity contribution >= 4 is 11.0 Å². The minimum Gasteiger partial charge on any atom is -0.392 e. The third-order valence-electron chi connectivity index (χ3n) is 5.60. The number of para-hydroxylation sites is 2. The SMILES string of the molecule is CCCn1c(CN2C[C@H]3C[C@@H](O)CN3C[C@H]2C)nc2ccccc21. The van der Waals surface area contributed by atoms with Gasteiger partial charge in [-0.25, -0.2) is 4.98 Å². The molecule has 1 aromatic heterocycles. The van der Waals surface area contributed by atoms with Crippen molar-refractivity contribution in [3.63, 3.8) is 0 Å². The molecule has 2 saturated heterocycles. The zero-order valence-electron chi connectivity index (χ0n) is 14.7. The summed E-state index contributed by atoms with van der Waals surface area (Å²) in [6.45, 7) is 9.37. The molecule has 3 heterocycles. The maximum absolute atomic E-state index is 9.95. The van der Waals surface area contributed by atoms with Crippen molar-refractivity contribution in [2.24, 2.45) is 0 Å². The van der Waals surface area contributed by atoms with Crippen LogP contribution in [0.3, 0.4) is 0 Å². The summed E-state index contributed by atoms with van der Waals surface area (Å²) in [5, 5.41) is 9.95. The van der Waals surface area contributed by atoms with Crippen molar-refractivity contribution < 1.29 is 5.11 Å². The quantitative estimate of drug-likeness (QED) is 0.933. The van der Waals surface area contributed by atoms with Crippen LogP contribution in [0.2, 0.25) is 0 Å². The van der Waals surface area contributed by atoms with Gasteiger partial charge in [-0.2, -0.15) is 0 Å². The fourth-order valence-corrected chi connectivity index (χ4v) is 4.40. The lowest BCUT2D eigenvalue weighted by atomic mass is 10.1. The second-order valence-electron chi connectivity index (χ2n) is 7.44. The van der Waals surface area contributed by atoms with Crippen molar-refractivity contribution in [2.45, 2.75) is 58.0 Å². The highest BCUT2D eigenvalue weighted by Crippen LogP contribution is 2.27. The molecule has 0 amide bonds. The van der Waals surface area contributed by atoms with Crippen LogP contribution in [-0.2, 0) is 13.1 Å². The predicted molar refractivity (Wildman–Crippen MR) is 95.9 cm³/mol. The van der Waals surface area contributed by atoms with E-state index in [2.05, 4.69) is 52.5 Å². The van der Waals surface area contributed by atoms with Crippen molar-refractivity contribution in [3.05, 3.63) is 30.1 Å².